The van der Waals surface area contributed by atoms with Crippen molar-refractivity contribution in [3.63, 3.8) is 0 Å². The van der Waals surface area contributed by atoms with Gasteiger partial charge < -0.3 is 14.4 Å². The fraction of sp³-hybridized carbons (Fsp3) is 0.333. The minimum absolute atomic E-state index is 0.163. The SMILES string of the molecule is CO[C@H]1CC[C@H](n2ccnc2)C(c2ccc(O)cc2)C1.O=C1CN=c2ccccc2=N1. The third kappa shape index (κ3) is 5.06. The molecule has 0 spiro atoms. The molecule has 1 fully saturated rings. The lowest BCUT2D eigenvalue weighted by Crippen LogP contribution is -2.31. The normalized spacial score (nSPS) is 22.4. The molecule has 1 aliphatic heterocycles. The first-order chi connectivity index (χ1) is 15.1. The molecule has 2 aromatic carbocycles. The predicted octanol–water partition coefficient (Wildman–Crippen LogP) is 2.58. The number of para-hydroxylation sites is 2. The van der Waals surface area contributed by atoms with Crippen molar-refractivity contribution in [2.45, 2.75) is 37.3 Å². The molecule has 1 saturated carbocycles. The van der Waals surface area contributed by atoms with Gasteiger partial charge >= 0.3 is 0 Å². The molecule has 2 aliphatic rings. The van der Waals surface area contributed by atoms with Crippen LogP contribution in [0.1, 0.15) is 36.8 Å². The fourth-order valence-electron chi connectivity index (χ4n) is 4.25. The number of carbonyl (C=O) groups excluding carboxylic acids is 1. The largest absolute Gasteiger partial charge is 0.508 e. The minimum atomic E-state index is -0.163. The number of aromatic nitrogens is 2. The molecule has 0 saturated heterocycles. The van der Waals surface area contributed by atoms with Crippen LogP contribution in [0.15, 0.2) is 77.2 Å². The molecule has 2 heterocycles. The van der Waals surface area contributed by atoms with Gasteiger partial charge in [-0.15, -0.1) is 0 Å². The number of phenolic OH excluding ortho intramolecular Hbond substituents is 1. The van der Waals surface area contributed by atoms with Crippen LogP contribution in [-0.4, -0.2) is 40.3 Å². The van der Waals surface area contributed by atoms with E-state index in [0.29, 0.717) is 29.2 Å². The Bertz CT molecular complexity index is 1130. The van der Waals surface area contributed by atoms with E-state index >= 15 is 0 Å². The number of carbonyl (C=O) groups is 1. The van der Waals surface area contributed by atoms with Gasteiger partial charge in [0.2, 0.25) is 0 Å². The van der Waals surface area contributed by atoms with E-state index in [1.54, 1.807) is 25.3 Å². The Morgan fingerprint density at radius 2 is 1.84 bits per heavy atom. The molecule has 31 heavy (non-hydrogen) atoms. The van der Waals surface area contributed by atoms with Crippen molar-refractivity contribution in [3.8, 4) is 5.75 Å². The lowest BCUT2D eigenvalue weighted by atomic mass is 9.78. The highest BCUT2D eigenvalue weighted by atomic mass is 16.5. The van der Waals surface area contributed by atoms with Crippen LogP contribution in [0.3, 0.4) is 0 Å². The fourth-order valence-corrected chi connectivity index (χ4v) is 4.25. The van der Waals surface area contributed by atoms with E-state index in [1.165, 1.54) is 5.56 Å². The van der Waals surface area contributed by atoms with Crippen LogP contribution < -0.4 is 10.7 Å². The standard InChI is InChI=1S/C16H20N2O2.C8H6N2O/c1-20-14-6-7-16(18-9-8-17-11-18)15(10-14)12-2-4-13(19)5-3-12;11-8-5-9-6-3-1-2-4-7(6)10-8/h2-5,8-9,11,14-16,19H,6-7,10H2,1H3;1-4H,5H2/t14-,15?,16-;/m0./s1. The number of imidazole rings is 1. The number of benzene rings is 2. The molecule has 1 unspecified atom stereocenters. The van der Waals surface area contributed by atoms with E-state index < -0.39 is 0 Å². The summed E-state index contributed by atoms with van der Waals surface area (Å²) >= 11 is 0. The summed E-state index contributed by atoms with van der Waals surface area (Å²) in [5.74, 6) is 0.541. The zero-order chi connectivity index (χ0) is 21.6. The number of amides is 1. The second-order valence-corrected chi connectivity index (χ2v) is 7.76. The molecule has 160 valence electrons. The number of rotatable bonds is 3. The maximum absolute atomic E-state index is 10.8. The average Bonchev–Trinajstić information content (AvgIpc) is 3.34. The maximum atomic E-state index is 10.8. The number of hydrogen-bond acceptors (Lipinski definition) is 5. The number of ether oxygens (including phenoxy) is 1. The van der Waals surface area contributed by atoms with Crippen LogP contribution in [0, 0.1) is 0 Å². The third-order valence-corrected chi connectivity index (χ3v) is 5.84. The summed E-state index contributed by atoms with van der Waals surface area (Å²) in [6.07, 6.45) is 9.24. The molecule has 1 aliphatic carbocycles. The zero-order valence-electron chi connectivity index (χ0n) is 17.5. The Hall–Kier alpha value is -3.32. The van der Waals surface area contributed by atoms with Crippen molar-refractivity contribution in [2.75, 3.05) is 13.7 Å². The number of fused-ring (bicyclic) bond motifs is 1. The number of aromatic hydroxyl groups is 1. The molecule has 0 radical (unpaired) electrons. The molecular formula is C24H26N4O3. The van der Waals surface area contributed by atoms with Gasteiger partial charge in [0.15, 0.2) is 0 Å². The second kappa shape index (κ2) is 9.66. The Labute approximate surface area is 180 Å². The zero-order valence-corrected chi connectivity index (χ0v) is 17.5. The number of phenols is 1. The van der Waals surface area contributed by atoms with Crippen LogP contribution in [0.5, 0.6) is 5.75 Å². The van der Waals surface area contributed by atoms with Crippen LogP contribution >= 0.6 is 0 Å². The molecule has 7 heteroatoms. The molecule has 1 N–H and O–H groups in total. The van der Waals surface area contributed by atoms with Gasteiger partial charge in [0.1, 0.15) is 12.3 Å². The van der Waals surface area contributed by atoms with Crippen LogP contribution in [0.4, 0.5) is 0 Å². The van der Waals surface area contributed by atoms with Crippen LogP contribution in [-0.2, 0) is 9.53 Å². The number of methoxy groups -OCH3 is 1. The molecular weight excluding hydrogens is 392 g/mol. The summed E-state index contributed by atoms with van der Waals surface area (Å²) in [4.78, 5) is 22.8. The van der Waals surface area contributed by atoms with Crippen molar-refractivity contribution in [1.29, 1.82) is 0 Å². The van der Waals surface area contributed by atoms with Gasteiger partial charge in [-0.2, -0.15) is 0 Å². The molecule has 1 amide bonds. The maximum Gasteiger partial charge on any atom is 0.267 e. The first-order valence-electron chi connectivity index (χ1n) is 10.4. The highest BCUT2D eigenvalue weighted by Crippen LogP contribution is 2.42. The Kier molecular flexibility index (Phi) is 6.52. The molecule has 3 aromatic rings. The topological polar surface area (TPSA) is 89.1 Å². The van der Waals surface area contributed by atoms with Crippen molar-refractivity contribution < 1.29 is 14.6 Å². The van der Waals surface area contributed by atoms with E-state index in [4.69, 9.17) is 4.74 Å². The van der Waals surface area contributed by atoms with Crippen molar-refractivity contribution in [2.24, 2.45) is 9.98 Å². The lowest BCUT2D eigenvalue weighted by molar-refractivity contribution is -0.116. The van der Waals surface area contributed by atoms with Gasteiger partial charge in [0.05, 0.1) is 23.1 Å². The van der Waals surface area contributed by atoms with Crippen LogP contribution in [0.25, 0.3) is 0 Å². The Morgan fingerprint density at radius 1 is 1.06 bits per heavy atom. The highest BCUT2D eigenvalue weighted by molar-refractivity contribution is 5.79. The van der Waals surface area contributed by atoms with Crippen LogP contribution in [0.2, 0.25) is 0 Å². The molecule has 5 rings (SSSR count). The molecule has 3 atom stereocenters. The summed E-state index contributed by atoms with van der Waals surface area (Å²) in [5.41, 5.74) is 1.25. The summed E-state index contributed by atoms with van der Waals surface area (Å²) in [6, 6.07) is 15.3. The Morgan fingerprint density at radius 3 is 2.55 bits per heavy atom. The van der Waals surface area contributed by atoms with Gasteiger partial charge in [-0.25, -0.2) is 9.98 Å². The third-order valence-electron chi connectivity index (χ3n) is 5.84. The smallest absolute Gasteiger partial charge is 0.267 e. The molecule has 0 bridgehead atoms. The van der Waals surface area contributed by atoms with Gasteiger partial charge in [-0.05, 0) is 49.1 Å². The summed E-state index contributed by atoms with van der Waals surface area (Å²) in [7, 11) is 1.79. The van der Waals surface area contributed by atoms with E-state index in [-0.39, 0.29) is 12.5 Å². The lowest BCUT2D eigenvalue weighted by Gasteiger charge is -2.36. The van der Waals surface area contributed by atoms with Crippen molar-refractivity contribution in [1.82, 2.24) is 9.55 Å². The second-order valence-electron chi connectivity index (χ2n) is 7.76. The van der Waals surface area contributed by atoms with Gasteiger partial charge in [-0.1, -0.05) is 24.3 Å². The summed E-state index contributed by atoms with van der Waals surface area (Å²) < 4.78 is 7.76. The van der Waals surface area contributed by atoms with Gasteiger partial charge in [0.25, 0.3) is 5.91 Å². The number of nitrogens with zero attached hydrogens (tertiary/aromatic N) is 4. The predicted molar refractivity (Wildman–Crippen MR) is 115 cm³/mol. The number of hydrogen-bond donors (Lipinski definition) is 1. The Balaban J connectivity index is 0.000000177. The average molecular weight is 418 g/mol. The monoisotopic (exact) mass is 418 g/mol. The van der Waals surface area contributed by atoms with E-state index in [9.17, 15) is 9.90 Å². The quantitative estimate of drug-likeness (QED) is 0.708. The van der Waals surface area contributed by atoms with Gasteiger partial charge in [-0.3, -0.25) is 9.79 Å². The minimum Gasteiger partial charge on any atom is -0.508 e. The highest BCUT2D eigenvalue weighted by Gasteiger charge is 2.32. The molecule has 7 nitrogen and oxygen atoms in total. The molecule has 1 aromatic heterocycles. The first kappa shape index (κ1) is 20.9. The van der Waals surface area contributed by atoms with Crippen molar-refractivity contribution >= 4 is 5.91 Å². The first-order valence-corrected chi connectivity index (χ1v) is 10.4. The van der Waals surface area contributed by atoms with Gasteiger partial charge in [0, 0.05) is 31.5 Å². The van der Waals surface area contributed by atoms with Crippen molar-refractivity contribution in [3.05, 3.63) is 83.5 Å². The van der Waals surface area contributed by atoms with E-state index in [1.807, 2.05) is 49.1 Å². The van der Waals surface area contributed by atoms with E-state index in [2.05, 4.69) is 19.5 Å². The summed E-state index contributed by atoms with van der Waals surface area (Å²) in [5, 5.41) is 11.0. The summed E-state index contributed by atoms with van der Waals surface area (Å²) in [6.45, 7) is 0.191. The van der Waals surface area contributed by atoms with E-state index in [0.717, 1.165) is 24.6 Å².